The number of benzene rings is 6. The smallest absolute Gasteiger partial charge is 0.228 e. The number of imidazole rings is 2. The monoisotopic (exact) mass is 1560 g/mol. The highest BCUT2D eigenvalue weighted by atomic mass is 32.1. The van der Waals surface area contributed by atoms with Gasteiger partial charge in [-0.05, 0) is 133 Å². The number of aromatic amines is 2. The Morgan fingerprint density at radius 2 is 1.04 bits per heavy atom. The summed E-state index contributed by atoms with van der Waals surface area (Å²) >= 11 is 1.68. The van der Waals surface area contributed by atoms with E-state index in [0.29, 0.717) is 12.3 Å². The predicted molar refractivity (Wildman–Crippen MR) is 482 cm³/mol. The average molecular weight is 1560 g/mol. The first kappa shape index (κ1) is 97.9. The molecule has 6 aromatic carbocycles. The molecule has 19 nitrogen and oxygen atoms in total. The van der Waals surface area contributed by atoms with E-state index in [0.717, 1.165) is 98.6 Å². The van der Waals surface area contributed by atoms with E-state index < -0.39 is 0 Å². The molecule has 4 aliphatic rings. The highest BCUT2D eigenvalue weighted by Gasteiger charge is 2.14. The largest absolute Gasteiger partial charge is 0.491 e. The van der Waals surface area contributed by atoms with Crippen LogP contribution < -0.4 is 9.47 Å². The van der Waals surface area contributed by atoms with Crippen LogP contribution in [0.25, 0.3) is 76.3 Å². The lowest BCUT2D eigenvalue weighted by molar-refractivity contribution is 0.287. The number of azo groups is 1. The van der Waals surface area contributed by atoms with Crippen molar-refractivity contribution in [3.63, 3.8) is 0 Å². The Hall–Kier alpha value is -12.2. The zero-order valence-corrected chi connectivity index (χ0v) is 71.8. The van der Waals surface area contributed by atoms with Crippen LogP contribution in [0, 0.1) is 0 Å². The van der Waals surface area contributed by atoms with Crippen LogP contribution in [0.3, 0.4) is 0 Å². The standard InChI is InChI=1S/C9H8N2O.C9H7N.C8H9N.C8H7N.C7H6N2.C7H7NO.C7H5NO.C7H5NS.C6H5N3.C6H4N2O.10C2H6/c1-2-7-9-8(3-1)12-5-4-11(9)6-10-7;1-2-6-9-8(4-1)5-3-7-10-9;1-3-7-4-2-6-9-8(7)5-1;1-2-4-8-7(3-1)5-6-9-8;1-2-4-7-6(3-1)8-5-9-7;1-3-8-5-7-6(1)2-4-9-7;2*1-2-4-7-6(3-1)8-5-9-7;1-2-5-6(7-3-1)4-8-9-5;1-2-9-6-5(1)3-7-4-8-6;10*1-2/h1-3,6H,4-5H2;1-7H;2,4,6H,1,3,5H2;1-6,9H;1-5H,(H,8,9);1,3,5H,2,4H2;2*1-5H;1-3H,4H2;1-4H;10*1-2H3. The second-order valence-corrected chi connectivity index (χ2v) is 21.7. The van der Waals surface area contributed by atoms with E-state index in [2.05, 4.69) is 117 Å². The summed E-state index contributed by atoms with van der Waals surface area (Å²) in [5.41, 5.74) is 17.9. The SMILES string of the molecule is CC.CC.CC.CC.CC.CC.CC.CC.CC.CC.c1cc2c(cn1)OCC2.c1cc2c3c(c1)ncn3CCO2.c1ccc2[nH]ccc2c1.c1ccc2[nH]cnc2c1.c1ccc2ncccc2c1.c1ccc2ocnc2c1.c1ccc2scnc2c1.c1cnc2c(c1)CCC2.c1cnc2c(c1)N=NC2.c1ncc2ccoc2n1. The number of H-pyrrole nitrogens is 2. The number of hydrogen-bond donors (Lipinski definition) is 2. The van der Waals surface area contributed by atoms with Gasteiger partial charge < -0.3 is 32.8 Å². The number of nitrogens with zero attached hydrogens (tertiary/aromatic N) is 13. The van der Waals surface area contributed by atoms with Gasteiger partial charge in [0.15, 0.2) is 12.0 Å². The molecule has 3 aliphatic heterocycles. The summed E-state index contributed by atoms with van der Waals surface area (Å²) in [6, 6.07) is 63.9. The molecule has 114 heavy (non-hydrogen) atoms. The summed E-state index contributed by atoms with van der Waals surface area (Å²) in [7, 11) is 0. The Morgan fingerprint density at radius 3 is 1.73 bits per heavy atom. The predicted octanol–water partition coefficient (Wildman–Crippen LogP) is 27.3. The van der Waals surface area contributed by atoms with Crippen LogP contribution in [0.15, 0.2) is 294 Å². The number of thiazole rings is 1. The van der Waals surface area contributed by atoms with Gasteiger partial charge >= 0.3 is 0 Å². The number of rotatable bonds is 0. The number of oxazole rings is 1. The van der Waals surface area contributed by atoms with Crippen molar-refractivity contribution in [3.8, 4) is 11.5 Å². The van der Waals surface area contributed by atoms with Crippen molar-refractivity contribution >= 4 is 93.3 Å². The molecule has 21 rings (SSSR count). The Kier molecular flexibility index (Phi) is 54.5. The van der Waals surface area contributed by atoms with Gasteiger partial charge in [0, 0.05) is 65.8 Å². The molecule has 0 fully saturated rings. The van der Waals surface area contributed by atoms with Crippen LogP contribution in [0.4, 0.5) is 5.69 Å². The third-order valence-electron chi connectivity index (χ3n) is 14.7. The summed E-state index contributed by atoms with van der Waals surface area (Å²) in [4.78, 5) is 46.7. The molecule has 0 saturated carbocycles. The van der Waals surface area contributed by atoms with Gasteiger partial charge in [-0.25, -0.2) is 29.9 Å². The number of para-hydroxylation sites is 8. The summed E-state index contributed by atoms with van der Waals surface area (Å²) in [5.74, 6) is 1.91. The minimum absolute atomic E-state index is 0.644. The average Bonchev–Trinajstić information content (AvgIpc) is 1.63. The fourth-order valence-electron chi connectivity index (χ4n) is 10.1. The van der Waals surface area contributed by atoms with Crippen molar-refractivity contribution in [1.82, 2.24) is 64.4 Å². The number of furan rings is 1. The minimum Gasteiger partial charge on any atom is -0.491 e. The van der Waals surface area contributed by atoms with E-state index in [1.54, 1.807) is 48.7 Å². The van der Waals surface area contributed by atoms with Crippen LogP contribution in [-0.4, -0.2) is 77.6 Å². The van der Waals surface area contributed by atoms with Crippen molar-refractivity contribution in [2.75, 3.05) is 13.2 Å². The maximum atomic E-state index is 5.49. The lowest BCUT2D eigenvalue weighted by atomic mass is 10.2. The molecule has 17 aromatic rings. The summed E-state index contributed by atoms with van der Waals surface area (Å²) in [5, 5.41) is 11.1. The Bertz CT molecular complexity index is 4450. The molecule has 0 amide bonds. The lowest BCUT2D eigenvalue weighted by Gasteiger charge is -2.15. The molecule has 2 N–H and O–H groups in total. The van der Waals surface area contributed by atoms with E-state index in [-0.39, 0.29) is 0 Å². The minimum atomic E-state index is 0.644. The molecule has 0 spiro atoms. The molecule has 1 aliphatic carbocycles. The van der Waals surface area contributed by atoms with E-state index >= 15 is 0 Å². The molecule has 0 radical (unpaired) electrons. The topological polar surface area (TPSA) is 235 Å². The van der Waals surface area contributed by atoms with Crippen molar-refractivity contribution in [2.24, 2.45) is 10.2 Å². The van der Waals surface area contributed by atoms with Crippen molar-refractivity contribution in [2.45, 2.75) is 177 Å². The first-order chi connectivity index (χ1) is 56.6. The van der Waals surface area contributed by atoms with Crippen molar-refractivity contribution < 1.29 is 18.3 Å². The third kappa shape index (κ3) is 33.4. The molecule has 11 aromatic heterocycles. The second kappa shape index (κ2) is 63.5. The van der Waals surface area contributed by atoms with E-state index in [9.17, 15) is 0 Å². The third-order valence-corrected chi connectivity index (χ3v) is 15.5. The number of pyridine rings is 4. The molecule has 0 atom stereocenters. The van der Waals surface area contributed by atoms with E-state index in [4.69, 9.17) is 18.3 Å². The number of aryl methyl sites for hydroxylation is 2. The van der Waals surface area contributed by atoms with Crippen LogP contribution >= 0.6 is 11.3 Å². The van der Waals surface area contributed by atoms with Crippen molar-refractivity contribution in [3.05, 3.63) is 297 Å². The van der Waals surface area contributed by atoms with Crippen molar-refractivity contribution in [1.29, 1.82) is 0 Å². The van der Waals surface area contributed by atoms with Gasteiger partial charge in [-0.2, -0.15) is 10.2 Å². The molecular weight excluding hydrogens is 1440 g/mol. The van der Waals surface area contributed by atoms with Crippen LogP contribution in [0.2, 0.25) is 0 Å². The first-order valence-corrected chi connectivity index (χ1v) is 41.3. The quantitative estimate of drug-likeness (QED) is 0.144. The fraction of sp³-hybridized carbons (Fsp3) is 0.298. The number of aromatic nitrogens is 13. The molecule has 14 heterocycles. The zero-order chi connectivity index (χ0) is 83.6. The van der Waals surface area contributed by atoms with Gasteiger partial charge in [0.1, 0.15) is 47.7 Å². The van der Waals surface area contributed by atoms with E-state index in [1.165, 1.54) is 69.8 Å². The van der Waals surface area contributed by atoms with Crippen LogP contribution in [0.5, 0.6) is 11.5 Å². The van der Waals surface area contributed by atoms with Gasteiger partial charge in [0.05, 0.1) is 87.1 Å². The Labute approximate surface area is 681 Å². The van der Waals surface area contributed by atoms with Gasteiger partial charge in [0.2, 0.25) is 5.71 Å². The summed E-state index contributed by atoms with van der Waals surface area (Å²) in [6.07, 6.45) is 25.5. The maximum absolute atomic E-state index is 5.49. The molecule has 0 bridgehead atoms. The van der Waals surface area contributed by atoms with E-state index in [1.807, 2.05) is 321 Å². The molecular formula is C94H123N15O4S. The van der Waals surface area contributed by atoms with Crippen LogP contribution in [-0.2, 0) is 32.4 Å². The van der Waals surface area contributed by atoms with Gasteiger partial charge in [0.25, 0.3) is 0 Å². The van der Waals surface area contributed by atoms with Gasteiger partial charge in [-0.1, -0.05) is 229 Å². The summed E-state index contributed by atoms with van der Waals surface area (Å²) < 4.78 is 24.1. The molecule has 0 saturated heterocycles. The number of hydrogen-bond acceptors (Lipinski definition) is 17. The Morgan fingerprint density at radius 1 is 0.404 bits per heavy atom. The number of nitrogens with one attached hydrogen (secondary N) is 2. The van der Waals surface area contributed by atoms with Gasteiger partial charge in [-0.15, -0.1) is 11.3 Å². The first-order valence-electron chi connectivity index (χ1n) is 40.4. The molecule has 604 valence electrons. The highest BCUT2D eigenvalue weighted by Crippen LogP contribution is 2.28. The van der Waals surface area contributed by atoms with Gasteiger partial charge in [-0.3, -0.25) is 19.9 Å². The summed E-state index contributed by atoms with van der Waals surface area (Å²) in [6.45, 7) is 43.1. The maximum Gasteiger partial charge on any atom is 0.228 e. The fourth-order valence-corrected chi connectivity index (χ4v) is 10.7. The second-order valence-electron chi connectivity index (χ2n) is 20.8. The lowest BCUT2D eigenvalue weighted by Crippen LogP contribution is -2.12. The normalized spacial score (nSPS) is 10.5. The number of ether oxygens (including phenoxy) is 2. The Balaban J connectivity index is 0.000000419. The van der Waals surface area contributed by atoms with Crippen LogP contribution in [0.1, 0.15) is 167 Å². The number of fused-ring (bicyclic) bond motifs is 9. The highest BCUT2D eigenvalue weighted by molar-refractivity contribution is 7.16. The molecule has 20 heteroatoms. The molecule has 0 unspecified atom stereocenters. The zero-order valence-electron chi connectivity index (χ0n) is 71.0.